The van der Waals surface area contributed by atoms with Crippen LogP contribution in [0.5, 0.6) is 17.4 Å². The van der Waals surface area contributed by atoms with Gasteiger partial charge in [-0.15, -0.1) is 0 Å². The van der Waals surface area contributed by atoms with Gasteiger partial charge in [0.25, 0.3) is 0 Å². The first-order chi connectivity index (χ1) is 13.7. The van der Waals surface area contributed by atoms with E-state index in [0.29, 0.717) is 30.5 Å². The topological polar surface area (TPSA) is 65.8 Å². The Labute approximate surface area is 164 Å². The Balaban J connectivity index is 1.58. The predicted molar refractivity (Wildman–Crippen MR) is 107 cm³/mol. The lowest BCUT2D eigenvalue weighted by Gasteiger charge is -2.26. The number of hydrogen-bond donors (Lipinski definition) is 0. The van der Waals surface area contributed by atoms with Gasteiger partial charge in [0.05, 0.1) is 19.9 Å². The number of aromatic nitrogens is 2. The zero-order valence-corrected chi connectivity index (χ0v) is 16.6. The lowest BCUT2D eigenvalue weighted by atomic mass is 9.97. The van der Waals surface area contributed by atoms with Crippen molar-refractivity contribution < 1.29 is 14.2 Å². The van der Waals surface area contributed by atoms with Crippen LogP contribution in [-0.2, 0) is 13.0 Å². The van der Waals surface area contributed by atoms with E-state index in [2.05, 4.69) is 9.88 Å². The van der Waals surface area contributed by atoms with Gasteiger partial charge in [-0.05, 0) is 50.0 Å². The highest BCUT2D eigenvalue weighted by Crippen LogP contribution is 2.38. The van der Waals surface area contributed by atoms with E-state index < -0.39 is 0 Å². The summed E-state index contributed by atoms with van der Waals surface area (Å²) in [5.74, 6) is 1.73. The fourth-order valence-corrected chi connectivity index (χ4v) is 4.06. The first-order valence-corrected chi connectivity index (χ1v) is 9.92. The van der Waals surface area contributed by atoms with E-state index in [1.807, 2.05) is 18.2 Å². The van der Waals surface area contributed by atoms with Gasteiger partial charge in [-0.3, -0.25) is 9.47 Å². The van der Waals surface area contributed by atoms with Crippen LogP contribution in [0.2, 0.25) is 0 Å². The summed E-state index contributed by atoms with van der Waals surface area (Å²) in [6.45, 7) is 4.24. The molecule has 7 heteroatoms. The fourth-order valence-electron chi connectivity index (χ4n) is 4.06. The average molecular weight is 385 g/mol. The second-order valence-electron chi connectivity index (χ2n) is 7.28. The number of piperidine rings is 1. The lowest BCUT2D eigenvalue weighted by molar-refractivity contribution is 0.180. The molecule has 2 aliphatic heterocycles. The highest BCUT2D eigenvalue weighted by Gasteiger charge is 2.22. The molecular formula is C21H27N3O4. The number of methoxy groups -OCH3 is 2. The molecule has 28 heavy (non-hydrogen) atoms. The van der Waals surface area contributed by atoms with Gasteiger partial charge < -0.3 is 14.2 Å². The molecule has 0 bridgehead atoms. The van der Waals surface area contributed by atoms with Crippen LogP contribution in [0.15, 0.2) is 23.0 Å². The van der Waals surface area contributed by atoms with Gasteiger partial charge >= 0.3 is 5.69 Å². The number of benzene rings is 1. The van der Waals surface area contributed by atoms with Crippen molar-refractivity contribution in [1.29, 1.82) is 0 Å². The van der Waals surface area contributed by atoms with E-state index in [0.717, 1.165) is 42.9 Å². The maximum atomic E-state index is 12.5. The third-order valence-electron chi connectivity index (χ3n) is 5.58. The summed E-state index contributed by atoms with van der Waals surface area (Å²) in [6.07, 6.45) is 4.56. The first-order valence-electron chi connectivity index (χ1n) is 9.92. The number of fused-ring (bicyclic) bond motifs is 3. The van der Waals surface area contributed by atoms with Gasteiger partial charge in [-0.25, -0.2) is 4.79 Å². The molecule has 0 radical (unpaired) electrons. The molecule has 2 aromatic rings. The molecule has 3 heterocycles. The quantitative estimate of drug-likeness (QED) is 0.761. The number of ether oxygens (including phenoxy) is 3. The summed E-state index contributed by atoms with van der Waals surface area (Å²) >= 11 is 0. The van der Waals surface area contributed by atoms with Gasteiger partial charge in [0.2, 0.25) is 5.88 Å². The predicted octanol–water partition coefficient (Wildman–Crippen LogP) is 2.35. The highest BCUT2D eigenvalue weighted by molar-refractivity contribution is 5.70. The maximum absolute atomic E-state index is 12.5. The van der Waals surface area contributed by atoms with E-state index in [1.54, 1.807) is 18.8 Å². The molecule has 0 aliphatic carbocycles. The van der Waals surface area contributed by atoms with Crippen molar-refractivity contribution in [1.82, 2.24) is 14.5 Å². The molecule has 4 rings (SSSR count). The van der Waals surface area contributed by atoms with Crippen molar-refractivity contribution in [2.75, 3.05) is 40.5 Å². The van der Waals surface area contributed by atoms with Crippen molar-refractivity contribution in [2.24, 2.45) is 0 Å². The van der Waals surface area contributed by atoms with Crippen molar-refractivity contribution in [3.05, 3.63) is 34.2 Å². The van der Waals surface area contributed by atoms with E-state index in [4.69, 9.17) is 14.2 Å². The number of nitrogens with zero attached hydrogens (tertiary/aromatic N) is 3. The molecule has 0 atom stereocenters. The Bertz CT molecular complexity index is 903. The zero-order chi connectivity index (χ0) is 19.5. The summed E-state index contributed by atoms with van der Waals surface area (Å²) in [4.78, 5) is 19.1. The SMILES string of the molecule is COc1cc2c(cc1OC)-c1cc(OCCN3CCCCC3)nc(=O)n1CC2. The van der Waals surface area contributed by atoms with Crippen molar-refractivity contribution >= 4 is 0 Å². The van der Waals surface area contributed by atoms with Gasteiger partial charge in [0.1, 0.15) is 6.61 Å². The Morgan fingerprint density at radius 2 is 1.75 bits per heavy atom. The van der Waals surface area contributed by atoms with E-state index in [1.165, 1.54) is 19.3 Å². The molecule has 0 N–H and O–H groups in total. The summed E-state index contributed by atoms with van der Waals surface area (Å²) in [5.41, 5.74) is 2.63. The number of aryl methyl sites for hydroxylation is 1. The summed E-state index contributed by atoms with van der Waals surface area (Å²) in [6, 6.07) is 5.77. The Hall–Kier alpha value is -2.54. The Morgan fingerprint density at radius 1 is 1.00 bits per heavy atom. The van der Waals surface area contributed by atoms with Crippen LogP contribution in [0.3, 0.4) is 0 Å². The molecule has 1 aromatic carbocycles. The highest BCUT2D eigenvalue weighted by atomic mass is 16.5. The molecule has 0 saturated carbocycles. The molecule has 0 unspecified atom stereocenters. The third kappa shape index (κ3) is 3.71. The van der Waals surface area contributed by atoms with Crippen molar-refractivity contribution in [2.45, 2.75) is 32.2 Å². The molecule has 7 nitrogen and oxygen atoms in total. The zero-order valence-electron chi connectivity index (χ0n) is 16.6. The molecule has 1 saturated heterocycles. The van der Waals surface area contributed by atoms with Gasteiger partial charge in [0, 0.05) is 24.7 Å². The van der Waals surface area contributed by atoms with Crippen LogP contribution in [0.1, 0.15) is 24.8 Å². The second-order valence-corrected chi connectivity index (χ2v) is 7.28. The normalized spacial score (nSPS) is 16.2. The van der Waals surface area contributed by atoms with Crippen LogP contribution >= 0.6 is 0 Å². The summed E-state index contributed by atoms with van der Waals surface area (Å²) in [7, 11) is 3.24. The number of likely N-dealkylation sites (tertiary alicyclic amines) is 1. The molecule has 2 aliphatic rings. The minimum absolute atomic E-state index is 0.272. The van der Waals surface area contributed by atoms with Crippen molar-refractivity contribution in [3.8, 4) is 28.6 Å². The van der Waals surface area contributed by atoms with E-state index in [-0.39, 0.29) is 5.69 Å². The molecule has 1 fully saturated rings. The number of rotatable bonds is 6. The molecule has 0 spiro atoms. The largest absolute Gasteiger partial charge is 0.493 e. The minimum atomic E-state index is -0.272. The lowest BCUT2D eigenvalue weighted by Crippen LogP contribution is -2.33. The van der Waals surface area contributed by atoms with E-state index in [9.17, 15) is 4.79 Å². The van der Waals surface area contributed by atoms with Crippen LogP contribution in [0, 0.1) is 0 Å². The molecule has 0 amide bonds. The standard InChI is InChI=1S/C21H27N3O4/c1-26-18-12-15-6-9-24-17(16(15)13-19(18)27-2)14-20(22-21(24)25)28-11-10-23-7-4-3-5-8-23/h12-14H,3-11H2,1-2H3. The minimum Gasteiger partial charge on any atom is -0.493 e. The third-order valence-corrected chi connectivity index (χ3v) is 5.58. The molecule has 1 aromatic heterocycles. The number of hydrogen-bond acceptors (Lipinski definition) is 6. The van der Waals surface area contributed by atoms with Gasteiger partial charge in [-0.2, -0.15) is 4.98 Å². The first kappa shape index (κ1) is 18.8. The van der Waals surface area contributed by atoms with Gasteiger partial charge in [0.15, 0.2) is 11.5 Å². The summed E-state index contributed by atoms with van der Waals surface area (Å²) < 4.78 is 18.4. The Morgan fingerprint density at radius 3 is 2.50 bits per heavy atom. The second kappa shape index (κ2) is 8.22. The Kier molecular flexibility index (Phi) is 5.52. The van der Waals surface area contributed by atoms with Crippen LogP contribution in [-0.4, -0.2) is 54.9 Å². The molecule has 150 valence electrons. The maximum Gasteiger partial charge on any atom is 0.351 e. The molecular weight excluding hydrogens is 358 g/mol. The van der Waals surface area contributed by atoms with Crippen LogP contribution in [0.4, 0.5) is 0 Å². The average Bonchev–Trinajstić information content (AvgIpc) is 2.73. The van der Waals surface area contributed by atoms with Gasteiger partial charge in [-0.1, -0.05) is 6.42 Å². The fraction of sp³-hybridized carbons (Fsp3) is 0.524. The van der Waals surface area contributed by atoms with Crippen molar-refractivity contribution in [3.63, 3.8) is 0 Å². The van der Waals surface area contributed by atoms with Crippen LogP contribution in [0.25, 0.3) is 11.3 Å². The van der Waals surface area contributed by atoms with E-state index >= 15 is 0 Å². The van der Waals surface area contributed by atoms with Crippen LogP contribution < -0.4 is 19.9 Å². The summed E-state index contributed by atoms with van der Waals surface area (Å²) in [5, 5.41) is 0. The monoisotopic (exact) mass is 385 g/mol. The smallest absolute Gasteiger partial charge is 0.351 e.